The number of carbonyl (C=O) groups excluding carboxylic acids is 2. The van der Waals surface area contributed by atoms with Crippen molar-refractivity contribution in [3.8, 4) is 0 Å². The minimum Gasteiger partial charge on any atom is -1.00 e. The average Bonchev–Trinajstić information content (AvgIpc) is 2.88. The van der Waals surface area contributed by atoms with Crippen LogP contribution in [-0.4, -0.2) is 75.4 Å². The van der Waals surface area contributed by atoms with Crippen LogP contribution in [0.1, 0.15) is 142 Å². The molecule has 8 heteroatoms. The maximum atomic E-state index is 12.7. The number of unbranched alkanes of at least 4 members (excludes halogenated alkanes) is 18. The van der Waals surface area contributed by atoms with E-state index in [9.17, 15) is 9.59 Å². The summed E-state index contributed by atoms with van der Waals surface area (Å²) in [6, 6.07) is 0.0728. The number of amides is 4. The lowest BCUT2D eigenvalue weighted by Gasteiger charge is -2.28. The van der Waals surface area contributed by atoms with E-state index in [1.54, 1.807) is 0 Å². The van der Waals surface area contributed by atoms with Crippen molar-refractivity contribution < 1.29 is 43.4 Å². The first-order valence-electron chi connectivity index (χ1n) is 16.4. The zero-order chi connectivity index (χ0) is 28.5. The molecule has 0 aromatic heterocycles. The molecule has 40 heavy (non-hydrogen) atoms. The molecule has 0 unspecified atom stereocenters. The SMILES string of the molecule is CCCCCCCCCCCC[N+](C)(C)C(=O)NCCNC(=O)[N+](C)(C)CCCCCCCCCCCC.[Cl-].[Cl-]. The summed E-state index contributed by atoms with van der Waals surface area (Å²) >= 11 is 0. The number of hydrogen-bond acceptors (Lipinski definition) is 2. The second-order valence-electron chi connectivity index (χ2n) is 12.6. The van der Waals surface area contributed by atoms with Gasteiger partial charge >= 0.3 is 12.1 Å². The molecular weight excluding hydrogens is 543 g/mol. The van der Waals surface area contributed by atoms with Crippen molar-refractivity contribution in [2.45, 2.75) is 142 Å². The number of nitrogens with one attached hydrogen (secondary N) is 2. The highest BCUT2D eigenvalue weighted by Gasteiger charge is 2.27. The first-order chi connectivity index (χ1) is 18.2. The Hall–Kier alpha value is -0.560. The fourth-order valence-corrected chi connectivity index (χ4v) is 4.96. The quantitative estimate of drug-likeness (QED) is 0.123. The standard InChI is InChI=1S/C32H66N4O2.2ClH/c1-7-9-11-13-15-17-19-21-23-25-29-35(3,4)31(37)33-27-28-34-32(38)36(5,6)30-26-24-22-20-18-16-14-12-10-8-2;;/h7-30H2,1-6H3;2*1H. The molecule has 0 rings (SSSR count). The summed E-state index contributed by atoms with van der Waals surface area (Å²) in [6.07, 6.45) is 26.1. The zero-order valence-corrected chi connectivity index (χ0v) is 28.9. The van der Waals surface area contributed by atoms with Gasteiger partial charge in [-0.05, 0) is 25.7 Å². The van der Waals surface area contributed by atoms with Gasteiger partial charge in [-0.15, -0.1) is 0 Å². The van der Waals surface area contributed by atoms with Gasteiger partial charge in [-0.1, -0.05) is 117 Å². The summed E-state index contributed by atoms with van der Waals surface area (Å²) in [5.74, 6) is 0. The van der Waals surface area contributed by atoms with E-state index in [2.05, 4.69) is 24.5 Å². The van der Waals surface area contributed by atoms with Gasteiger partial charge in [0.25, 0.3) is 0 Å². The monoisotopic (exact) mass is 610 g/mol. The normalized spacial score (nSPS) is 11.4. The Labute approximate surface area is 262 Å². The van der Waals surface area contributed by atoms with Gasteiger partial charge in [0.05, 0.1) is 41.3 Å². The lowest BCUT2D eigenvalue weighted by Crippen LogP contribution is -3.00. The molecule has 0 fully saturated rings. The van der Waals surface area contributed by atoms with Crippen LogP contribution in [0, 0.1) is 0 Å². The van der Waals surface area contributed by atoms with Gasteiger partial charge in [0.1, 0.15) is 0 Å². The first kappa shape index (κ1) is 43.9. The van der Waals surface area contributed by atoms with Gasteiger partial charge in [-0.3, -0.25) is 0 Å². The highest BCUT2D eigenvalue weighted by molar-refractivity contribution is 5.67. The molecule has 0 atom stereocenters. The molecule has 6 nitrogen and oxygen atoms in total. The Kier molecular flexibility index (Phi) is 31.3. The zero-order valence-electron chi connectivity index (χ0n) is 27.4. The Morgan fingerprint density at radius 1 is 0.425 bits per heavy atom. The molecule has 0 aliphatic carbocycles. The Bertz CT molecular complexity index is 539. The molecule has 0 aromatic carbocycles. The Morgan fingerprint density at radius 2 is 0.650 bits per heavy atom. The molecule has 0 spiro atoms. The second-order valence-corrected chi connectivity index (χ2v) is 12.6. The molecule has 0 radical (unpaired) electrons. The molecule has 0 bridgehead atoms. The topological polar surface area (TPSA) is 58.2 Å². The molecular formula is C32H68Cl2N4O2. The fourth-order valence-electron chi connectivity index (χ4n) is 4.96. The predicted molar refractivity (Wildman–Crippen MR) is 164 cm³/mol. The van der Waals surface area contributed by atoms with Crippen LogP contribution in [0.15, 0.2) is 0 Å². The van der Waals surface area contributed by atoms with E-state index in [4.69, 9.17) is 0 Å². The predicted octanol–water partition coefficient (Wildman–Crippen LogP) is 2.41. The van der Waals surface area contributed by atoms with Crippen LogP contribution < -0.4 is 35.4 Å². The summed E-state index contributed by atoms with van der Waals surface area (Å²) < 4.78 is 0.705. The molecule has 0 aliphatic heterocycles. The van der Waals surface area contributed by atoms with Crippen LogP contribution in [0.3, 0.4) is 0 Å². The fraction of sp³-hybridized carbons (Fsp3) is 0.938. The highest BCUT2D eigenvalue weighted by Crippen LogP contribution is 2.13. The first-order valence-corrected chi connectivity index (χ1v) is 16.4. The van der Waals surface area contributed by atoms with Crippen LogP contribution in [0.2, 0.25) is 0 Å². The highest BCUT2D eigenvalue weighted by atomic mass is 35.5. The lowest BCUT2D eigenvalue weighted by atomic mass is 10.1. The summed E-state index contributed by atoms with van der Waals surface area (Å²) in [5, 5.41) is 6.03. The maximum Gasteiger partial charge on any atom is 0.416 e. The van der Waals surface area contributed by atoms with Crippen LogP contribution in [0.5, 0.6) is 0 Å². The number of halogens is 2. The molecule has 2 N–H and O–H groups in total. The molecule has 0 saturated heterocycles. The number of urea groups is 2. The van der Waals surface area contributed by atoms with Crippen LogP contribution in [0.4, 0.5) is 9.59 Å². The van der Waals surface area contributed by atoms with Gasteiger partial charge in [0.2, 0.25) is 0 Å². The summed E-state index contributed by atoms with van der Waals surface area (Å²) in [7, 11) is 7.92. The lowest BCUT2D eigenvalue weighted by molar-refractivity contribution is -0.809. The third-order valence-electron chi connectivity index (χ3n) is 7.92. The van der Waals surface area contributed by atoms with Crippen LogP contribution >= 0.6 is 0 Å². The van der Waals surface area contributed by atoms with E-state index in [-0.39, 0.29) is 36.9 Å². The van der Waals surface area contributed by atoms with Gasteiger partial charge in [-0.25, -0.2) is 18.6 Å². The van der Waals surface area contributed by atoms with Crippen LogP contribution in [-0.2, 0) is 0 Å². The van der Waals surface area contributed by atoms with E-state index in [1.807, 2.05) is 28.2 Å². The Morgan fingerprint density at radius 3 is 0.900 bits per heavy atom. The minimum absolute atomic E-state index is 0. The second kappa shape index (κ2) is 28.6. The third kappa shape index (κ3) is 25.2. The number of nitrogens with zero attached hydrogens (tertiary/aromatic N) is 2. The van der Waals surface area contributed by atoms with Gasteiger partial charge in [0, 0.05) is 13.1 Å². The molecule has 0 saturated carbocycles. The smallest absolute Gasteiger partial charge is 0.416 e. The van der Waals surface area contributed by atoms with Gasteiger partial charge in [0.15, 0.2) is 0 Å². The van der Waals surface area contributed by atoms with Crippen molar-refractivity contribution in [3.05, 3.63) is 0 Å². The van der Waals surface area contributed by atoms with Crippen molar-refractivity contribution in [1.29, 1.82) is 0 Å². The van der Waals surface area contributed by atoms with Crippen molar-refractivity contribution in [1.82, 2.24) is 10.6 Å². The molecule has 242 valence electrons. The number of hydrogen-bond donors (Lipinski definition) is 2. The van der Waals surface area contributed by atoms with Crippen molar-refractivity contribution >= 4 is 12.1 Å². The minimum atomic E-state index is 0. The molecule has 0 aromatic rings. The summed E-state index contributed by atoms with van der Waals surface area (Å²) in [6.45, 7) is 7.19. The van der Waals surface area contributed by atoms with Gasteiger partial charge < -0.3 is 35.4 Å². The van der Waals surface area contributed by atoms with Gasteiger partial charge in [-0.2, -0.15) is 0 Å². The number of rotatable bonds is 25. The average molecular weight is 612 g/mol. The molecule has 0 heterocycles. The summed E-state index contributed by atoms with van der Waals surface area (Å²) in [4.78, 5) is 25.3. The number of quaternary nitrogens is 2. The largest absolute Gasteiger partial charge is 1.00 e. The van der Waals surface area contributed by atoms with Crippen molar-refractivity contribution in [2.24, 2.45) is 0 Å². The van der Waals surface area contributed by atoms with E-state index in [0.717, 1.165) is 25.9 Å². The Balaban J connectivity index is -0.00000684. The van der Waals surface area contributed by atoms with Crippen LogP contribution in [0.25, 0.3) is 0 Å². The maximum absolute atomic E-state index is 12.7. The number of carbonyl (C=O) groups is 2. The third-order valence-corrected chi connectivity index (χ3v) is 7.92. The van der Waals surface area contributed by atoms with Crippen molar-refractivity contribution in [3.63, 3.8) is 0 Å². The summed E-state index contributed by atoms with van der Waals surface area (Å²) in [5.41, 5.74) is 0. The van der Waals surface area contributed by atoms with E-state index < -0.39 is 0 Å². The molecule has 0 aliphatic rings. The van der Waals surface area contributed by atoms with Crippen molar-refractivity contribution in [2.75, 3.05) is 54.4 Å². The molecule has 4 amide bonds. The van der Waals surface area contributed by atoms with E-state index in [1.165, 1.54) is 116 Å². The van der Waals surface area contributed by atoms with E-state index in [0.29, 0.717) is 22.1 Å². The van der Waals surface area contributed by atoms with E-state index >= 15 is 0 Å².